The van der Waals surface area contributed by atoms with Gasteiger partial charge in [0.15, 0.2) is 0 Å². The molecule has 3 N–H and O–H groups in total. The summed E-state index contributed by atoms with van der Waals surface area (Å²) in [7, 11) is 1.81. The van der Waals surface area contributed by atoms with Crippen LogP contribution in [0.5, 0.6) is 0 Å². The normalized spacial score (nSPS) is 11.9. The third-order valence-electron chi connectivity index (χ3n) is 2.29. The van der Waals surface area contributed by atoms with Crippen molar-refractivity contribution in [2.45, 2.75) is 20.3 Å². The predicted molar refractivity (Wildman–Crippen MR) is 71.2 cm³/mol. The van der Waals surface area contributed by atoms with E-state index in [1.165, 1.54) is 5.56 Å². The van der Waals surface area contributed by atoms with Gasteiger partial charge in [-0.15, -0.1) is 0 Å². The second-order valence-electron chi connectivity index (χ2n) is 4.30. The van der Waals surface area contributed by atoms with Gasteiger partial charge in [0.2, 0.25) is 0 Å². The summed E-state index contributed by atoms with van der Waals surface area (Å²) in [6.07, 6.45) is 2.78. The van der Waals surface area contributed by atoms with Crippen molar-refractivity contribution in [1.82, 2.24) is 5.32 Å². The highest BCUT2D eigenvalue weighted by molar-refractivity contribution is 6.32. The molecular weight excluding hydrogens is 220 g/mol. The van der Waals surface area contributed by atoms with Crippen molar-refractivity contribution in [2.75, 3.05) is 7.05 Å². The molecule has 0 aliphatic heterocycles. The molecule has 1 aromatic rings. The quantitative estimate of drug-likeness (QED) is 0.846. The molecule has 3 heteroatoms. The van der Waals surface area contributed by atoms with Crippen LogP contribution >= 0.6 is 11.6 Å². The summed E-state index contributed by atoms with van der Waals surface area (Å²) in [5, 5.41) is 3.60. The largest absolute Gasteiger partial charge is 0.397 e. The van der Waals surface area contributed by atoms with Crippen LogP contribution in [0.3, 0.4) is 0 Å². The Morgan fingerprint density at radius 2 is 2.19 bits per heavy atom. The van der Waals surface area contributed by atoms with Gasteiger partial charge in [-0.05, 0) is 24.0 Å². The molecule has 2 nitrogen and oxygen atoms in total. The zero-order chi connectivity index (χ0) is 12.1. The van der Waals surface area contributed by atoms with Gasteiger partial charge in [-0.2, -0.15) is 0 Å². The van der Waals surface area contributed by atoms with Crippen molar-refractivity contribution in [3.8, 4) is 0 Å². The molecule has 0 aromatic heterocycles. The van der Waals surface area contributed by atoms with Gasteiger partial charge in [0.05, 0.1) is 10.7 Å². The molecule has 0 saturated carbocycles. The fraction of sp³-hybridized carbons (Fsp3) is 0.385. The van der Waals surface area contributed by atoms with E-state index >= 15 is 0 Å². The molecule has 88 valence electrons. The first-order valence-corrected chi connectivity index (χ1v) is 5.84. The molecule has 0 fully saturated rings. The summed E-state index contributed by atoms with van der Waals surface area (Å²) < 4.78 is 0. The average Bonchev–Trinajstić information content (AvgIpc) is 2.16. The smallest absolute Gasteiger partial charge is 0.0562 e. The maximum Gasteiger partial charge on any atom is 0.0562 e. The van der Waals surface area contributed by atoms with Crippen molar-refractivity contribution in [1.29, 1.82) is 0 Å². The molecule has 0 heterocycles. The first kappa shape index (κ1) is 12.9. The molecule has 0 atom stereocenters. The molecular formula is C13H19ClN2. The van der Waals surface area contributed by atoms with Crippen molar-refractivity contribution < 1.29 is 0 Å². The average molecular weight is 239 g/mol. The van der Waals surface area contributed by atoms with Crippen LogP contribution in [-0.4, -0.2) is 7.05 Å². The summed E-state index contributed by atoms with van der Waals surface area (Å²) in [6.45, 7) is 4.38. The Kier molecular flexibility index (Phi) is 4.69. The highest BCUT2D eigenvalue weighted by atomic mass is 35.5. The zero-order valence-corrected chi connectivity index (χ0v) is 10.8. The minimum absolute atomic E-state index is 0.632. The van der Waals surface area contributed by atoms with Crippen LogP contribution in [0.4, 0.5) is 0 Å². The molecule has 0 aliphatic carbocycles. The number of halogens is 1. The van der Waals surface area contributed by atoms with Crippen LogP contribution in [0.15, 0.2) is 24.4 Å². The topological polar surface area (TPSA) is 38.0 Å². The second-order valence-corrected chi connectivity index (χ2v) is 4.71. The van der Waals surface area contributed by atoms with Crippen LogP contribution in [0.25, 0.3) is 5.70 Å². The SMILES string of the molecule is CN/C=C(\N)c1ccc(CC(C)C)cc1Cl. The second kappa shape index (κ2) is 5.80. The molecule has 0 spiro atoms. The van der Waals surface area contributed by atoms with Gasteiger partial charge in [-0.3, -0.25) is 0 Å². The van der Waals surface area contributed by atoms with Crippen molar-refractivity contribution >= 4 is 17.3 Å². The van der Waals surface area contributed by atoms with E-state index in [0.717, 1.165) is 12.0 Å². The van der Waals surface area contributed by atoms with Crippen LogP contribution in [-0.2, 0) is 6.42 Å². The van der Waals surface area contributed by atoms with Gasteiger partial charge in [-0.25, -0.2) is 0 Å². The summed E-state index contributed by atoms with van der Waals surface area (Å²) in [6, 6.07) is 6.05. The van der Waals surface area contributed by atoms with E-state index in [0.29, 0.717) is 16.6 Å². The number of benzene rings is 1. The number of rotatable bonds is 4. The van der Waals surface area contributed by atoms with E-state index in [1.54, 1.807) is 6.20 Å². The van der Waals surface area contributed by atoms with Crippen molar-refractivity contribution in [3.05, 3.63) is 40.5 Å². The molecule has 16 heavy (non-hydrogen) atoms. The Morgan fingerprint density at radius 1 is 1.50 bits per heavy atom. The van der Waals surface area contributed by atoms with E-state index in [-0.39, 0.29) is 0 Å². The van der Waals surface area contributed by atoms with Crippen LogP contribution in [0, 0.1) is 5.92 Å². The van der Waals surface area contributed by atoms with E-state index in [2.05, 4.69) is 25.2 Å². The lowest BCUT2D eigenvalue weighted by Crippen LogP contribution is -2.04. The third kappa shape index (κ3) is 3.46. The third-order valence-corrected chi connectivity index (χ3v) is 2.60. The molecule has 1 aromatic carbocycles. The maximum atomic E-state index is 6.19. The highest BCUT2D eigenvalue weighted by Crippen LogP contribution is 2.23. The van der Waals surface area contributed by atoms with Gasteiger partial charge in [0.1, 0.15) is 0 Å². The van der Waals surface area contributed by atoms with Gasteiger partial charge in [0, 0.05) is 18.8 Å². The summed E-state index contributed by atoms with van der Waals surface area (Å²) in [4.78, 5) is 0. The standard InChI is InChI=1S/C13H19ClN2/c1-9(2)6-10-4-5-11(12(14)7-10)13(15)8-16-3/h4-5,7-9,16H,6,15H2,1-3H3/b13-8-. The summed E-state index contributed by atoms with van der Waals surface area (Å²) in [5.41, 5.74) is 8.66. The van der Waals surface area contributed by atoms with Crippen molar-refractivity contribution in [2.24, 2.45) is 11.7 Å². The summed E-state index contributed by atoms with van der Waals surface area (Å²) in [5.74, 6) is 0.632. The fourth-order valence-corrected chi connectivity index (χ4v) is 1.94. The lowest BCUT2D eigenvalue weighted by Gasteiger charge is -2.09. The number of nitrogens with one attached hydrogen (secondary N) is 1. The first-order chi connectivity index (χ1) is 7.54. The molecule has 0 radical (unpaired) electrons. The Hall–Kier alpha value is -1.15. The van der Waals surface area contributed by atoms with Crippen LogP contribution in [0.1, 0.15) is 25.0 Å². The molecule has 0 aliphatic rings. The van der Waals surface area contributed by atoms with Crippen molar-refractivity contribution in [3.63, 3.8) is 0 Å². The number of hydrogen-bond donors (Lipinski definition) is 2. The summed E-state index contributed by atoms with van der Waals surface area (Å²) >= 11 is 6.19. The Balaban J connectivity index is 2.95. The molecule has 1 rings (SSSR count). The fourth-order valence-electron chi connectivity index (χ4n) is 1.62. The van der Waals surface area contributed by atoms with Gasteiger partial charge < -0.3 is 11.1 Å². The lowest BCUT2D eigenvalue weighted by molar-refractivity contribution is 0.647. The van der Waals surface area contributed by atoms with E-state index in [4.69, 9.17) is 17.3 Å². The Labute approximate surface area is 102 Å². The number of nitrogens with two attached hydrogens (primary N) is 1. The molecule has 0 bridgehead atoms. The monoisotopic (exact) mass is 238 g/mol. The van der Waals surface area contributed by atoms with Crippen LogP contribution < -0.4 is 11.1 Å². The van der Waals surface area contributed by atoms with E-state index in [9.17, 15) is 0 Å². The lowest BCUT2D eigenvalue weighted by atomic mass is 10.0. The van der Waals surface area contributed by atoms with Gasteiger partial charge in [-0.1, -0.05) is 37.6 Å². The zero-order valence-electron chi connectivity index (χ0n) is 10.0. The molecule has 0 unspecified atom stereocenters. The Morgan fingerprint density at radius 3 is 2.69 bits per heavy atom. The van der Waals surface area contributed by atoms with E-state index < -0.39 is 0 Å². The minimum atomic E-state index is 0.632. The van der Waals surface area contributed by atoms with Gasteiger partial charge in [0.25, 0.3) is 0 Å². The number of hydrogen-bond acceptors (Lipinski definition) is 2. The maximum absolute atomic E-state index is 6.19. The Bertz CT molecular complexity index is 384. The van der Waals surface area contributed by atoms with Gasteiger partial charge >= 0.3 is 0 Å². The molecule has 0 saturated heterocycles. The van der Waals surface area contributed by atoms with E-state index in [1.807, 2.05) is 19.2 Å². The first-order valence-electron chi connectivity index (χ1n) is 5.46. The molecule has 0 amide bonds. The predicted octanol–water partition coefficient (Wildman–Crippen LogP) is 3.02. The minimum Gasteiger partial charge on any atom is -0.397 e. The highest BCUT2D eigenvalue weighted by Gasteiger charge is 2.05. The van der Waals surface area contributed by atoms with Crippen LogP contribution in [0.2, 0.25) is 5.02 Å².